The molecule has 5 atom stereocenters. The fourth-order valence-corrected chi connectivity index (χ4v) is 3.73. The van der Waals surface area contributed by atoms with Crippen LogP contribution in [-0.4, -0.2) is 81.7 Å². The Morgan fingerprint density at radius 2 is 1.77 bits per heavy atom. The average Bonchev–Trinajstić information content (AvgIpc) is 2.84. The van der Waals surface area contributed by atoms with Crippen molar-refractivity contribution in [3.8, 4) is 0 Å². The summed E-state index contributed by atoms with van der Waals surface area (Å²) < 4.78 is 10.0. The van der Waals surface area contributed by atoms with Gasteiger partial charge in [0, 0.05) is 23.5 Å². The summed E-state index contributed by atoms with van der Waals surface area (Å²) in [5.41, 5.74) is 0.0225. The molecular formula is C22H26N2O11. The Balaban J connectivity index is 2.64. The summed E-state index contributed by atoms with van der Waals surface area (Å²) in [5, 5.41) is 53.1. The maximum atomic E-state index is 13.3. The van der Waals surface area contributed by atoms with Gasteiger partial charge in [0.15, 0.2) is 12.4 Å². The van der Waals surface area contributed by atoms with E-state index in [9.17, 15) is 39.8 Å². The Morgan fingerprint density at radius 3 is 2.29 bits per heavy atom. The van der Waals surface area contributed by atoms with Crippen molar-refractivity contribution in [2.45, 2.75) is 44.2 Å². The molecule has 1 aromatic carbocycles. The van der Waals surface area contributed by atoms with Gasteiger partial charge in [0.05, 0.1) is 35.7 Å². The fourth-order valence-electron chi connectivity index (χ4n) is 3.73. The van der Waals surface area contributed by atoms with Crippen LogP contribution in [0.25, 0.3) is 0 Å². The van der Waals surface area contributed by atoms with E-state index >= 15 is 0 Å². The monoisotopic (exact) mass is 494 g/mol. The molecule has 1 unspecified atom stereocenters. The third-order valence-electron chi connectivity index (χ3n) is 5.44. The first-order valence-electron chi connectivity index (χ1n) is 10.3. The molecule has 0 radical (unpaired) electrons. The smallest absolute Gasteiger partial charge is 0.337 e. The van der Waals surface area contributed by atoms with Crippen LogP contribution in [0.1, 0.15) is 25.3 Å². The SMILES string of the molecule is COC(=O)C1=C(C)NC(C)=C(C(=O)O[C@@H]([C@H](O)[C@H](O)CO)[C@@H](O)C=O)C1c1cccc([N+](=O)[O-])c1. The van der Waals surface area contributed by atoms with Crippen LogP contribution in [-0.2, 0) is 23.9 Å². The number of nitrogens with zero attached hydrogens (tertiary/aromatic N) is 1. The summed E-state index contributed by atoms with van der Waals surface area (Å²) in [6.07, 6.45) is -7.99. The number of allylic oxidation sites excluding steroid dienone is 2. The van der Waals surface area contributed by atoms with E-state index in [-0.39, 0.29) is 34.4 Å². The van der Waals surface area contributed by atoms with Gasteiger partial charge in [-0.3, -0.25) is 10.1 Å². The number of methoxy groups -OCH3 is 1. The number of rotatable bonds is 10. The molecule has 2 rings (SSSR count). The molecule has 1 aromatic rings. The van der Waals surface area contributed by atoms with E-state index < -0.39 is 53.8 Å². The number of nitro groups is 1. The van der Waals surface area contributed by atoms with Crippen LogP contribution in [0.3, 0.4) is 0 Å². The van der Waals surface area contributed by atoms with Gasteiger partial charge >= 0.3 is 11.9 Å². The largest absolute Gasteiger partial charge is 0.466 e. The molecule has 0 saturated carbocycles. The Kier molecular flexibility index (Phi) is 9.19. The van der Waals surface area contributed by atoms with Crippen LogP contribution >= 0.6 is 0 Å². The molecule has 190 valence electrons. The van der Waals surface area contributed by atoms with Crippen LogP contribution in [0, 0.1) is 10.1 Å². The Bertz CT molecular complexity index is 1070. The van der Waals surface area contributed by atoms with E-state index in [1.165, 1.54) is 32.0 Å². The van der Waals surface area contributed by atoms with Crippen molar-refractivity contribution in [1.82, 2.24) is 5.32 Å². The van der Waals surface area contributed by atoms with Crippen molar-refractivity contribution in [2.24, 2.45) is 0 Å². The standard InChI is InChI=1S/C22H26N2O11/c1-10-16(21(30)34-3)18(12-5-4-6-13(7-12)24(32)33)17(11(2)23-10)22(31)35-20(15(28)9-26)19(29)14(27)8-25/h4-7,9,14-15,18-20,23,25,27-29H,8H2,1-3H3/t14-,15+,18?,19-,20-/m1/s1. The third-order valence-corrected chi connectivity index (χ3v) is 5.44. The van der Waals surface area contributed by atoms with Crippen molar-refractivity contribution in [1.29, 1.82) is 0 Å². The lowest BCUT2D eigenvalue weighted by Crippen LogP contribution is -2.49. The van der Waals surface area contributed by atoms with E-state index in [4.69, 9.17) is 14.6 Å². The van der Waals surface area contributed by atoms with Gasteiger partial charge in [0.1, 0.15) is 18.3 Å². The van der Waals surface area contributed by atoms with Gasteiger partial charge in [0.25, 0.3) is 5.69 Å². The molecule has 1 aliphatic rings. The van der Waals surface area contributed by atoms with Crippen molar-refractivity contribution in [2.75, 3.05) is 13.7 Å². The maximum Gasteiger partial charge on any atom is 0.337 e. The quantitative estimate of drug-likeness (QED) is 0.117. The van der Waals surface area contributed by atoms with Crippen molar-refractivity contribution in [3.05, 3.63) is 62.5 Å². The predicted octanol–water partition coefficient (Wildman–Crippen LogP) is -0.812. The van der Waals surface area contributed by atoms with E-state index in [2.05, 4.69) is 5.32 Å². The highest BCUT2D eigenvalue weighted by atomic mass is 16.6. The van der Waals surface area contributed by atoms with E-state index in [1.54, 1.807) is 0 Å². The zero-order valence-corrected chi connectivity index (χ0v) is 19.1. The highest BCUT2D eigenvalue weighted by molar-refractivity contribution is 6.00. The zero-order valence-electron chi connectivity index (χ0n) is 19.1. The van der Waals surface area contributed by atoms with Gasteiger partial charge in [-0.1, -0.05) is 12.1 Å². The molecule has 0 saturated heterocycles. The molecule has 0 bridgehead atoms. The first-order chi connectivity index (χ1) is 16.5. The number of hydrogen-bond donors (Lipinski definition) is 5. The number of benzene rings is 1. The number of nitrogens with one attached hydrogen (secondary N) is 1. The minimum absolute atomic E-state index is 0.0341. The molecule has 0 spiro atoms. The second-order valence-electron chi connectivity index (χ2n) is 7.72. The summed E-state index contributed by atoms with van der Waals surface area (Å²) in [4.78, 5) is 47.8. The van der Waals surface area contributed by atoms with Crippen molar-refractivity contribution >= 4 is 23.9 Å². The van der Waals surface area contributed by atoms with Gasteiger partial charge < -0.3 is 40.0 Å². The summed E-state index contributed by atoms with van der Waals surface area (Å²) in [6, 6.07) is 5.19. The molecule has 13 heteroatoms. The van der Waals surface area contributed by atoms with Gasteiger partial charge in [-0.05, 0) is 19.4 Å². The van der Waals surface area contributed by atoms with Gasteiger partial charge in [-0.15, -0.1) is 0 Å². The van der Waals surface area contributed by atoms with E-state index in [1.807, 2.05) is 0 Å². The number of hydrogen-bond acceptors (Lipinski definition) is 12. The summed E-state index contributed by atoms with van der Waals surface area (Å²) in [6.45, 7) is 2.03. The molecule has 0 aromatic heterocycles. The molecule has 35 heavy (non-hydrogen) atoms. The first-order valence-corrected chi connectivity index (χ1v) is 10.3. The minimum atomic E-state index is -2.07. The van der Waals surface area contributed by atoms with Gasteiger partial charge in [-0.25, -0.2) is 9.59 Å². The topological polar surface area (TPSA) is 206 Å². The van der Waals surface area contributed by atoms with Crippen LogP contribution in [0.5, 0.6) is 0 Å². The number of aliphatic hydroxyl groups excluding tert-OH is 4. The Hall–Kier alpha value is -3.65. The van der Waals surface area contributed by atoms with Crippen LogP contribution in [0.2, 0.25) is 0 Å². The number of carbonyl (C=O) groups is 3. The number of nitro benzene ring substituents is 1. The third kappa shape index (κ3) is 5.89. The van der Waals surface area contributed by atoms with Crippen molar-refractivity contribution < 1.29 is 49.2 Å². The molecule has 5 N–H and O–H groups in total. The maximum absolute atomic E-state index is 13.3. The van der Waals surface area contributed by atoms with Crippen LogP contribution in [0.15, 0.2) is 46.8 Å². The van der Waals surface area contributed by atoms with Crippen LogP contribution < -0.4 is 5.32 Å². The van der Waals surface area contributed by atoms with Gasteiger partial charge in [-0.2, -0.15) is 0 Å². The molecule has 1 aliphatic heterocycles. The number of aldehydes is 1. The number of non-ortho nitro benzene ring substituents is 1. The van der Waals surface area contributed by atoms with E-state index in [0.717, 1.165) is 13.2 Å². The second-order valence-corrected chi connectivity index (χ2v) is 7.72. The summed E-state index contributed by atoms with van der Waals surface area (Å²) >= 11 is 0. The minimum Gasteiger partial charge on any atom is -0.466 e. The lowest BCUT2D eigenvalue weighted by molar-refractivity contribution is -0.384. The Morgan fingerprint density at radius 1 is 1.17 bits per heavy atom. The normalized spacial score (nSPS) is 19.2. The molecule has 1 heterocycles. The zero-order chi connectivity index (χ0) is 26.4. The first kappa shape index (κ1) is 27.6. The van der Waals surface area contributed by atoms with E-state index in [0.29, 0.717) is 5.70 Å². The molecule has 0 aliphatic carbocycles. The van der Waals surface area contributed by atoms with Gasteiger partial charge in [0.2, 0.25) is 0 Å². The molecular weight excluding hydrogens is 468 g/mol. The number of dihydropyridines is 1. The molecule has 0 fully saturated rings. The fraction of sp³-hybridized carbons (Fsp3) is 0.409. The number of aliphatic hydroxyl groups is 4. The number of carbonyl (C=O) groups excluding carboxylic acids is 3. The lowest BCUT2D eigenvalue weighted by atomic mass is 9.80. The highest BCUT2D eigenvalue weighted by Gasteiger charge is 2.41. The molecule has 0 amide bonds. The average molecular weight is 494 g/mol. The predicted molar refractivity (Wildman–Crippen MR) is 117 cm³/mol. The Labute approximate surface area is 199 Å². The summed E-state index contributed by atoms with van der Waals surface area (Å²) in [5.74, 6) is -3.29. The summed E-state index contributed by atoms with van der Waals surface area (Å²) in [7, 11) is 1.11. The number of esters is 2. The van der Waals surface area contributed by atoms with Crippen LogP contribution in [0.4, 0.5) is 5.69 Å². The highest BCUT2D eigenvalue weighted by Crippen LogP contribution is 2.40. The lowest BCUT2D eigenvalue weighted by Gasteiger charge is -2.32. The second kappa shape index (κ2) is 11.7. The van der Waals surface area contributed by atoms with Crippen molar-refractivity contribution in [3.63, 3.8) is 0 Å². The number of ether oxygens (including phenoxy) is 2. The molecule has 13 nitrogen and oxygen atoms in total.